The van der Waals surface area contributed by atoms with Crippen molar-refractivity contribution >= 4 is 11.3 Å². The molecule has 1 N–H and O–H groups in total. The highest BCUT2D eigenvalue weighted by atomic mass is 32.1. The molecule has 0 aromatic carbocycles. The highest BCUT2D eigenvalue weighted by Gasteiger charge is 2.27. The van der Waals surface area contributed by atoms with Gasteiger partial charge in [0.15, 0.2) is 0 Å². The molecule has 112 valence electrons. The van der Waals surface area contributed by atoms with Gasteiger partial charge in [-0.05, 0) is 45.6 Å². The molecule has 3 atom stereocenters. The molecule has 2 aliphatic heterocycles. The molecule has 4 nitrogen and oxygen atoms in total. The lowest BCUT2D eigenvalue weighted by Crippen LogP contribution is -2.31. The summed E-state index contributed by atoms with van der Waals surface area (Å²) in [4.78, 5) is 7.23. The average molecular weight is 296 g/mol. The maximum absolute atomic E-state index is 9.59. The normalized spacial score (nSPS) is 29.1. The summed E-state index contributed by atoms with van der Waals surface area (Å²) in [6.45, 7) is 4.81. The molecule has 3 unspecified atom stereocenters. The fourth-order valence-electron chi connectivity index (χ4n) is 3.29. The maximum atomic E-state index is 9.59. The van der Waals surface area contributed by atoms with Crippen molar-refractivity contribution in [3.63, 3.8) is 0 Å². The van der Waals surface area contributed by atoms with Crippen LogP contribution in [0.1, 0.15) is 55.8 Å². The number of aromatic nitrogens is 1. The summed E-state index contributed by atoms with van der Waals surface area (Å²) >= 11 is 1.73. The zero-order chi connectivity index (χ0) is 13.9. The minimum absolute atomic E-state index is 0.210. The topological polar surface area (TPSA) is 45.6 Å². The number of thiazole rings is 1. The van der Waals surface area contributed by atoms with Gasteiger partial charge >= 0.3 is 0 Å². The van der Waals surface area contributed by atoms with E-state index in [2.05, 4.69) is 10.3 Å². The second-order valence-corrected chi connectivity index (χ2v) is 6.92. The van der Waals surface area contributed by atoms with E-state index in [-0.39, 0.29) is 12.2 Å². The Hall–Kier alpha value is -0.490. The molecule has 3 rings (SSSR count). The predicted molar refractivity (Wildman–Crippen MR) is 79.8 cm³/mol. The van der Waals surface area contributed by atoms with E-state index < -0.39 is 0 Å². The molecule has 20 heavy (non-hydrogen) atoms. The number of aliphatic hydroxyl groups is 1. The van der Waals surface area contributed by atoms with E-state index in [4.69, 9.17) is 9.72 Å². The van der Waals surface area contributed by atoms with Crippen molar-refractivity contribution in [2.24, 2.45) is 0 Å². The van der Waals surface area contributed by atoms with Crippen molar-refractivity contribution in [2.45, 2.75) is 63.8 Å². The van der Waals surface area contributed by atoms with Crippen LogP contribution in [0.2, 0.25) is 0 Å². The van der Waals surface area contributed by atoms with Crippen molar-refractivity contribution in [1.29, 1.82) is 0 Å². The van der Waals surface area contributed by atoms with E-state index in [1.807, 2.05) is 6.92 Å². The van der Waals surface area contributed by atoms with Crippen LogP contribution in [0.15, 0.2) is 5.38 Å². The zero-order valence-electron chi connectivity index (χ0n) is 12.1. The lowest BCUT2D eigenvalue weighted by atomic mass is 10.1. The van der Waals surface area contributed by atoms with Crippen LogP contribution in [-0.2, 0) is 11.3 Å². The molecule has 1 aromatic rings. The van der Waals surface area contributed by atoms with Gasteiger partial charge in [-0.25, -0.2) is 4.98 Å². The van der Waals surface area contributed by atoms with Crippen molar-refractivity contribution in [2.75, 3.05) is 13.2 Å². The van der Waals surface area contributed by atoms with Crippen LogP contribution >= 0.6 is 11.3 Å². The first-order valence-electron chi connectivity index (χ1n) is 7.70. The van der Waals surface area contributed by atoms with Gasteiger partial charge in [0.25, 0.3) is 0 Å². The van der Waals surface area contributed by atoms with Crippen molar-refractivity contribution < 1.29 is 9.84 Å². The van der Waals surface area contributed by atoms with Crippen LogP contribution in [0.3, 0.4) is 0 Å². The third-order valence-corrected chi connectivity index (χ3v) is 5.24. The van der Waals surface area contributed by atoms with Gasteiger partial charge in [0.05, 0.1) is 11.8 Å². The molecule has 2 fully saturated rings. The van der Waals surface area contributed by atoms with E-state index >= 15 is 0 Å². The number of nitrogens with zero attached hydrogens (tertiary/aromatic N) is 2. The lowest BCUT2D eigenvalue weighted by molar-refractivity contribution is 0.111. The van der Waals surface area contributed by atoms with E-state index in [1.165, 1.54) is 12.8 Å². The summed E-state index contributed by atoms with van der Waals surface area (Å²) in [6, 6.07) is 0.517. The van der Waals surface area contributed by atoms with Crippen molar-refractivity contribution in [1.82, 2.24) is 9.88 Å². The molecule has 0 bridgehead atoms. The Morgan fingerprint density at radius 1 is 1.50 bits per heavy atom. The van der Waals surface area contributed by atoms with Crippen LogP contribution in [0.4, 0.5) is 0 Å². The summed E-state index contributed by atoms with van der Waals surface area (Å²) in [6.07, 6.45) is 5.61. The summed E-state index contributed by atoms with van der Waals surface area (Å²) in [5.41, 5.74) is 1.16. The zero-order valence-corrected chi connectivity index (χ0v) is 12.9. The van der Waals surface area contributed by atoms with Crippen LogP contribution in [-0.4, -0.2) is 40.3 Å². The summed E-state index contributed by atoms with van der Waals surface area (Å²) in [5, 5.41) is 12.9. The van der Waals surface area contributed by atoms with E-state index in [1.54, 1.807) is 11.3 Å². The first-order chi connectivity index (χ1) is 9.72. The third-order valence-electron chi connectivity index (χ3n) is 4.25. The summed E-state index contributed by atoms with van der Waals surface area (Å²) < 4.78 is 5.70. The molecule has 0 spiro atoms. The quantitative estimate of drug-likeness (QED) is 0.907. The molecule has 0 radical (unpaired) electrons. The summed E-state index contributed by atoms with van der Waals surface area (Å²) in [7, 11) is 0. The maximum Gasteiger partial charge on any atom is 0.122 e. The van der Waals surface area contributed by atoms with Gasteiger partial charge in [-0.15, -0.1) is 11.3 Å². The van der Waals surface area contributed by atoms with Gasteiger partial charge in [-0.3, -0.25) is 4.90 Å². The molecule has 2 aliphatic rings. The molecule has 0 saturated carbocycles. The minimum atomic E-state index is -0.210. The van der Waals surface area contributed by atoms with Crippen LogP contribution in [0.25, 0.3) is 0 Å². The fraction of sp³-hybridized carbons (Fsp3) is 0.800. The van der Waals surface area contributed by atoms with Gasteiger partial charge < -0.3 is 9.84 Å². The Balaban J connectivity index is 1.59. The van der Waals surface area contributed by atoms with Gasteiger partial charge in [-0.1, -0.05) is 0 Å². The Kier molecular flexibility index (Phi) is 4.71. The van der Waals surface area contributed by atoms with Crippen molar-refractivity contribution in [3.05, 3.63) is 16.1 Å². The number of likely N-dealkylation sites (tertiary alicyclic amines) is 1. The second-order valence-electron chi connectivity index (χ2n) is 6.03. The molecule has 1 aromatic heterocycles. The standard InChI is InChI=1S/C15H24N2O2S/c1-11(18)8-13-4-2-6-17(13)9-12-10-20-15(16-12)14-5-3-7-19-14/h10-11,13-14,18H,2-9H2,1H3. The van der Waals surface area contributed by atoms with Gasteiger partial charge in [0.1, 0.15) is 11.1 Å². The summed E-state index contributed by atoms with van der Waals surface area (Å²) in [5.74, 6) is 0. The van der Waals surface area contributed by atoms with Crippen LogP contribution in [0, 0.1) is 0 Å². The Bertz CT molecular complexity index is 429. The molecular formula is C15H24N2O2S. The van der Waals surface area contributed by atoms with Gasteiger partial charge in [0.2, 0.25) is 0 Å². The number of ether oxygens (including phenoxy) is 1. The minimum Gasteiger partial charge on any atom is -0.393 e. The van der Waals surface area contributed by atoms with Gasteiger partial charge in [-0.2, -0.15) is 0 Å². The smallest absolute Gasteiger partial charge is 0.122 e. The number of hydrogen-bond donors (Lipinski definition) is 1. The third kappa shape index (κ3) is 3.39. The highest BCUT2D eigenvalue weighted by Crippen LogP contribution is 2.31. The molecule has 3 heterocycles. The number of rotatable bonds is 5. The SMILES string of the molecule is CC(O)CC1CCCN1Cc1csc(C2CCCO2)n1. The largest absolute Gasteiger partial charge is 0.393 e. The predicted octanol–water partition coefficient (Wildman–Crippen LogP) is 2.73. The van der Waals surface area contributed by atoms with Gasteiger partial charge in [0, 0.05) is 24.6 Å². The van der Waals surface area contributed by atoms with E-state index in [0.717, 1.165) is 49.7 Å². The average Bonchev–Trinajstić information content (AvgIpc) is 3.11. The van der Waals surface area contributed by atoms with Crippen molar-refractivity contribution in [3.8, 4) is 0 Å². The Morgan fingerprint density at radius 2 is 2.40 bits per heavy atom. The fourth-order valence-corrected chi connectivity index (χ4v) is 4.18. The molecule has 0 amide bonds. The second kappa shape index (κ2) is 6.52. The van der Waals surface area contributed by atoms with Crippen LogP contribution in [0.5, 0.6) is 0 Å². The Labute approximate surface area is 124 Å². The number of aliphatic hydroxyl groups excluding tert-OH is 1. The Morgan fingerprint density at radius 3 is 3.15 bits per heavy atom. The molecule has 0 aliphatic carbocycles. The highest BCUT2D eigenvalue weighted by molar-refractivity contribution is 7.09. The molecule has 2 saturated heterocycles. The van der Waals surface area contributed by atoms with E-state index in [9.17, 15) is 5.11 Å². The lowest BCUT2D eigenvalue weighted by Gasteiger charge is -2.24. The first kappa shape index (κ1) is 14.4. The van der Waals surface area contributed by atoms with Crippen LogP contribution < -0.4 is 0 Å². The monoisotopic (exact) mass is 296 g/mol. The molecule has 5 heteroatoms. The first-order valence-corrected chi connectivity index (χ1v) is 8.58. The van der Waals surface area contributed by atoms with E-state index in [0.29, 0.717) is 6.04 Å². The number of hydrogen-bond acceptors (Lipinski definition) is 5. The molecular weight excluding hydrogens is 272 g/mol.